The number of aromatic nitrogens is 2. The number of furan rings is 1. The molecule has 92 valence electrons. The third-order valence-corrected chi connectivity index (χ3v) is 2.92. The first kappa shape index (κ1) is 11.6. The lowest BCUT2D eigenvalue weighted by Gasteiger charge is -2.05. The molecule has 2 aromatic heterocycles. The quantitative estimate of drug-likeness (QED) is 0.713. The van der Waals surface area contributed by atoms with Crippen LogP contribution < -0.4 is 0 Å². The van der Waals surface area contributed by atoms with Crippen LogP contribution in [0.2, 0.25) is 5.02 Å². The highest BCUT2D eigenvalue weighted by molar-refractivity contribution is 6.30. The van der Waals surface area contributed by atoms with Crippen molar-refractivity contribution in [3.8, 4) is 23.2 Å². The van der Waals surface area contributed by atoms with E-state index in [1.165, 1.54) is 0 Å². The smallest absolute Gasteiger partial charge is 0.163 e. The van der Waals surface area contributed by atoms with E-state index in [0.29, 0.717) is 16.5 Å². The summed E-state index contributed by atoms with van der Waals surface area (Å²) in [5.41, 5.74) is 1.88. The van der Waals surface area contributed by atoms with Gasteiger partial charge in [-0.15, -0.1) is 0 Å². The summed E-state index contributed by atoms with van der Waals surface area (Å²) in [4.78, 5) is 0. The zero-order valence-electron chi connectivity index (χ0n) is 9.75. The molecule has 0 saturated heterocycles. The third kappa shape index (κ3) is 2.12. The highest BCUT2D eigenvalue weighted by Crippen LogP contribution is 2.24. The van der Waals surface area contributed by atoms with E-state index in [9.17, 15) is 0 Å². The molecule has 0 amide bonds. The first-order valence-electron chi connectivity index (χ1n) is 5.58. The lowest BCUT2D eigenvalue weighted by Crippen LogP contribution is -1.98. The van der Waals surface area contributed by atoms with E-state index in [2.05, 4.69) is 5.10 Å². The van der Waals surface area contributed by atoms with Crippen molar-refractivity contribution in [1.29, 1.82) is 5.26 Å². The minimum atomic E-state index is 0.335. The van der Waals surface area contributed by atoms with Gasteiger partial charge in [0, 0.05) is 11.1 Å². The molecule has 0 aliphatic carbocycles. The first-order chi connectivity index (χ1) is 9.28. The maximum Gasteiger partial charge on any atom is 0.163 e. The fourth-order valence-corrected chi connectivity index (χ4v) is 1.94. The first-order valence-corrected chi connectivity index (χ1v) is 5.96. The van der Waals surface area contributed by atoms with Gasteiger partial charge in [-0.1, -0.05) is 11.6 Å². The molecule has 0 radical (unpaired) electrons. The summed E-state index contributed by atoms with van der Waals surface area (Å²) < 4.78 is 7.03. The molecule has 19 heavy (non-hydrogen) atoms. The van der Waals surface area contributed by atoms with Crippen LogP contribution in [0.1, 0.15) is 5.69 Å². The Bertz CT molecular complexity index is 736. The van der Waals surface area contributed by atoms with Crippen LogP contribution >= 0.6 is 11.6 Å². The second-order valence-electron chi connectivity index (χ2n) is 3.89. The topological polar surface area (TPSA) is 54.8 Å². The van der Waals surface area contributed by atoms with Crippen molar-refractivity contribution in [2.24, 2.45) is 0 Å². The molecule has 0 atom stereocenters. The van der Waals surface area contributed by atoms with E-state index < -0.39 is 0 Å². The van der Waals surface area contributed by atoms with Gasteiger partial charge in [-0.25, -0.2) is 4.68 Å². The van der Waals surface area contributed by atoms with E-state index in [1.807, 2.05) is 24.3 Å². The normalized spacial score (nSPS) is 10.3. The van der Waals surface area contributed by atoms with E-state index >= 15 is 0 Å². The van der Waals surface area contributed by atoms with Crippen molar-refractivity contribution < 1.29 is 4.42 Å². The highest BCUT2D eigenvalue weighted by atomic mass is 35.5. The minimum absolute atomic E-state index is 0.335. The van der Waals surface area contributed by atoms with E-state index in [1.54, 1.807) is 35.2 Å². The summed E-state index contributed by atoms with van der Waals surface area (Å²) in [6.45, 7) is 0. The largest absolute Gasteiger partial charge is 0.463 e. The van der Waals surface area contributed by atoms with Gasteiger partial charge in [0.15, 0.2) is 11.5 Å². The summed E-state index contributed by atoms with van der Waals surface area (Å²) >= 11 is 5.87. The molecule has 0 saturated carbocycles. The SMILES string of the molecule is N#Cc1cc(-c2ccco2)n(-c2ccc(Cl)cc2)n1. The van der Waals surface area contributed by atoms with Crippen LogP contribution in [0.25, 0.3) is 17.1 Å². The molecule has 1 aromatic carbocycles. The van der Waals surface area contributed by atoms with Gasteiger partial charge in [-0.05, 0) is 36.4 Å². The van der Waals surface area contributed by atoms with Gasteiger partial charge in [-0.2, -0.15) is 10.4 Å². The zero-order chi connectivity index (χ0) is 13.2. The summed E-state index contributed by atoms with van der Waals surface area (Å²) in [5.74, 6) is 0.656. The van der Waals surface area contributed by atoms with Crippen molar-refractivity contribution in [2.45, 2.75) is 0 Å². The summed E-state index contributed by atoms with van der Waals surface area (Å²) in [5, 5.41) is 13.9. The van der Waals surface area contributed by atoms with Crippen LogP contribution in [0, 0.1) is 11.3 Å². The number of benzene rings is 1. The van der Waals surface area contributed by atoms with Gasteiger partial charge < -0.3 is 4.42 Å². The predicted octanol–water partition coefficient (Wildman–Crippen LogP) is 3.66. The minimum Gasteiger partial charge on any atom is -0.463 e. The molecule has 0 aliphatic heterocycles. The van der Waals surface area contributed by atoms with Crippen molar-refractivity contribution in [1.82, 2.24) is 9.78 Å². The standard InChI is InChI=1S/C14H8ClN3O/c15-10-3-5-12(6-4-10)18-13(8-11(9-16)17-18)14-2-1-7-19-14/h1-8H. The third-order valence-electron chi connectivity index (χ3n) is 2.67. The molecule has 4 nitrogen and oxygen atoms in total. The summed E-state index contributed by atoms with van der Waals surface area (Å²) in [6, 6.07) is 14.6. The summed E-state index contributed by atoms with van der Waals surface area (Å²) in [6.07, 6.45) is 1.58. The monoisotopic (exact) mass is 269 g/mol. The fraction of sp³-hybridized carbons (Fsp3) is 0. The Kier molecular flexibility index (Phi) is 2.82. The number of nitrogens with zero attached hydrogens (tertiary/aromatic N) is 3. The lowest BCUT2D eigenvalue weighted by molar-refractivity contribution is 0.577. The highest BCUT2D eigenvalue weighted by Gasteiger charge is 2.13. The van der Waals surface area contributed by atoms with Gasteiger partial charge >= 0.3 is 0 Å². The van der Waals surface area contributed by atoms with Crippen LogP contribution in [0.3, 0.4) is 0 Å². The van der Waals surface area contributed by atoms with Gasteiger partial charge in [0.25, 0.3) is 0 Å². The Morgan fingerprint density at radius 3 is 2.63 bits per heavy atom. The van der Waals surface area contributed by atoms with E-state index in [4.69, 9.17) is 21.3 Å². The molecular formula is C14H8ClN3O. The van der Waals surface area contributed by atoms with Crippen LogP contribution in [0.5, 0.6) is 0 Å². The molecule has 5 heteroatoms. The Hall–Kier alpha value is -2.51. The predicted molar refractivity (Wildman–Crippen MR) is 71.0 cm³/mol. The average Bonchev–Trinajstić information content (AvgIpc) is 3.08. The molecule has 0 N–H and O–H groups in total. The molecule has 0 unspecified atom stereocenters. The average molecular weight is 270 g/mol. The summed E-state index contributed by atoms with van der Waals surface area (Å²) in [7, 11) is 0. The van der Waals surface area contributed by atoms with Crippen LogP contribution in [-0.4, -0.2) is 9.78 Å². The van der Waals surface area contributed by atoms with Crippen molar-refractivity contribution in [3.05, 3.63) is 59.4 Å². The molecule has 0 fully saturated rings. The Balaban J connectivity index is 2.18. The number of hydrogen-bond donors (Lipinski definition) is 0. The molecule has 0 bridgehead atoms. The number of nitriles is 1. The Morgan fingerprint density at radius 1 is 1.21 bits per heavy atom. The van der Waals surface area contributed by atoms with Gasteiger partial charge in [-0.3, -0.25) is 0 Å². The van der Waals surface area contributed by atoms with Crippen molar-refractivity contribution in [2.75, 3.05) is 0 Å². The number of halogens is 1. The molecule has 3 aromatic rings. The van der Waals surface area contributed by atoms with Crippen LogP contribution in [0.15, 0.2) is 53.1 Å². The van der Waals surface area contributed by atoms with Crippen LogP contribution in [0.4, 0.5) is 0 Å². The van der Waals surface area contributed by atoms with Crippen molar-refractivity contribution >= 4 is 11.6 Å². The van der Waals surface area contributed by atoms with Crippen molar-refractivity contribution in [3.63, 3.8) is 0 Å². The second kappa shape index (κ2) is 4.63. The van der Waals surface area contributed by atoms with E-state index in [0.717, 1.165) is 11.4 Å². The molecule has 2 heterocycles. The molecule has 3 rings (SSSR count). The maximum atomic E-state index is 8.99. The zero-order valence-corrected chi connectivity index (χ0v) is 10.5. The molecular weight excluding hydrogens is 262 g/mol. The number of hydrogen-bond acceptors (Lipinski definition) is 3. The number of rotatable bonds is 2. The van der Waals surface area contributed by atoms with E-state index in [-0.39, 0.29) is 0 Å². The Labute approximate surface area is 114 Å². The van der Waals surface area contributed by atoms with Gasteiger partial charge in [0.05, 0.1) is 12.0 Å². The van der Waals surface area contributed by atoms with Gasteiger partial charge in [0.1, 0.15) is 11.8 Å². The lowest BCUT2D eigenvalue weighted by atomic mass is 10.2. The fourth-order valence-electron chi connectivity index (χ4n) is 1.81. The maximum absolute atomic E-state index is 8.99. The molecule has 0 spiro atoms. The van der Waals surface area contributed by atoms with Crippen LogP contribution in [-0.2, 0) is 0 Å². The molecule has 0 aliphatic rings. The second-order valence-corrected chi connectivity index (χ2v) is 4.33. The Morgan fingerprint density at radius 2 is 2.00 bits per heavy atom. The van der Waals surface area contributed by atoms with Gasteiger partial charge in [0.2, 0.25) is 0 Å².